The fourth-order valence-corrected chi connectivity index (χ4v) is 5.08. The maximum atomic E-state index is 13.8. The molecule has 0 radical (unpaired) electrons. The quantitative estimate of drug-likeness (QED) is 0.213. The van der Waals surface area contributed by atoms with E-state index in [9.17, 15) is 14.3 Å². The van der Waals surface area contributed by atoms with E-state index in [4.69, 9.17) is 0 Å². The SMILES string of the molecule is CCN(Cc1cc(Nc2nc(C)cn3c(-c4cnn(CC(=O)Nc5ccncc5F)c4)cnc23)sn1)CC(C)(C)O. The minimum absolute atomic E-state index is 0.0621. The van der Waals surface area contributed by atoms with Crippen LogP contribution in [0.25, 0.3) is 16.9 Å². The topological polar surface area (TPSA) is 138 Å². The van der Waals surface area contributed by atoms with Crippen LogP contribution in [-0.4, -0.2) is 68.1 Å². The smallest absolute Gasteiger partial charge is 0.246 e. The van der Waals surface area contributed by atoms with Crippen LogP contribution in [0.15, 0.2) is 49.3 Å². The summed E-state index contributed by atoms with van der Waals surface area (Å²) in [7, 11) is 0. The molecule has 0 spiro atoms. The number of likely N-dealkylation sites (N-methyl/N-ethyl adjacent to an activating group) is 1. The average molecular weight is 579 g/mol. The number of aliphatic hydroxyl groups is 1. The highest BCUT2D eigenvalue weighted by atomic mass is 32.1. The molecule has 0 aliphatic carbocycles. The van der Waals surface area contributed by atoms with E-state index in [2.05, 4.69) is 46.9 Å². The van der Waals surface area contributed by atoms with E-state index in [1.165, 1.54) is 28.5 Å². The van der Waals surface area contributed by atoms with Crippen molar-refractivity contribution in [2.75, 3.05) is 23.7 Å². The van der Waals surface area contributed by atoms with Gasteiger partial charge in [-0.05, 0) is 51.0 Å². The normalized spacial score (nSPS) is 11.9. The summed E-state index contributed by atoms with van der Waals surface area (Å²) in [5.74, 6) is -0.439. The van der Waals surface area contributed by atoms with Crippen molar-refractivity contribution in [1.29, 1.82) is 0 Å². The highest BCUT2D eigenvalue weighted by Gasteiger charge is 2.19. The monoisotopic (exact) mass is 578 g/mol. The molecule has 0 atom stereocenters. The number of rotatable bonds is 11. The highest BCUT2D eigenvalue weighted by Crippen LogP contribution is 2.28. The molecule has 0 fully saturated rings. The summed E-state index contributed by atoms with van der Waals surface area (Å²) in [6.45, 7) is 9.43. The molecule has 0 aliphatic heterocycles. The van der Waals surface area contributed by atoms with E-state index < -0.39 is 17.3 Å². The van der Waals surface area contributed by atoms with Crippen LogP contribution in [0.1, 0.15) is 32.2 Å². The first-order valence-electron chi connectivity index (χ1n) is 13.0. The Bertz CT molecular complexity index is 1670. The van der Waals surface area contributed by atoms with Crippen molar-refractivity contribution in [1.82, 2.24) is 38.4 Å². The first kappa shape index (κ1) is 28.3. The van der Waals surface area contributed by atoms with Crippen LogP contribution in [-0.2, 0) is 17.9 Å². The van der Waals surface area contributed by atoms with Crippen LogP contribution in [0.3, 0.4) is 0 Å². The number of pyridine rings is 1. The summed E-state index contributed by atoms with van der Waals surface area (Å²) < 4.78 is 21.8. The Morgan fingerprint density at radius 1 is 1.24 bits per heavy atom. The molecule has 41 heavy (non-hydrogen) atoms. The summed E-state index contributed by atoms with van der Waals surface area (Å²) in [5.41, 5.74) is 3.10. The Morgan fingerprint density at radius 2 is 2.07 bits per heavy atom. The Labute approximate surface area is 240 Å². The van der Waals surface area contributed by atoms with Gasteiger partial charge in [-0.3, -0.25) is 23.8 Å². The van der Waals surface area contributed by atoms with Crippen molar-refractivity contribution in [3.63, 3.8) is 0 Å². The lowest BCUT2D eigenvalue weighted by molar-refractivity contribution is -0.116. The van der Waals surface area contributed by atoms with Crippen molar-refractivity contribution >= 4 is 39.6 Å². The van der Waals surface area contributed by atoms with Gasteiger partial charge in [0.2, 0.25) is 5.91 Å². The lowest BCUT2D eigenvalue weighted by Gasteiger charge is -2.27. The maximum Gasteiger partial charge on any atom is 0.246 e. The molecule has 5 aromatic rings. The molecule has 14 heteroatoms. The van der Waals surface area contributed by atoms with Gasteiger partial charge in [0, 0.05) is 37.2 Å². The van der Waals surface area contributed by atoms with Crippen molar-refractivity contribution < 1.29 is 14.3 Å². The average Bonchev–Trinajstić information content (AvgIpc) is 3.64. The third kappa shape index (κ3) is 6.90. The van der Waals surface area contributed by atoms with E-state index >= 15 is 0 Å². The van der Waals surface area contributed by atoms with Gasteiger partial charge < -0.3 is 15.7 Å². The van der Waals surface area contributed by atoms with Crippen molar-refractivity contribution in [2.24, 2.45) is 0 Å². The fourth-order valence-electron chi connectivity index (χ4n) is 4.42. The van der Waals surface area contributed by atoms with Gasteiger partial charge in [-0.2, -0.15) is 9.47 Å². The second-order valence-corrected chi connectivity index (χ2v) is 11.1. The standard InChI is InChI=1S/C27H31FN10O2S/c1-5-36(16-27(3,4)40)14-19-8-24(41-35-19)34-25-26-30-11-22(38(26)12-17(2)32-25)18-9-31-37(13-18)15-23(39)33-21-6-7-29-10-20(21)28/h6-13,40H,5,14-16H2,1-4H3,(H,32,34)(H,29,33,39). The van der Waals surface area contributed by atoms with Gasteiger partial charge in [0.1, 0.15) is 11.5 Å². The molecule has 5 rings (SSSR count). The number of fused-ring (bicyclic) bond motifs is 1. The largest absolute Gasteiger partial charge is 0.389 e. The third-order valence-electron chi connectivity index (χ3n) is 6.14. The van der Waals surface area contributed by atoms with Gasteiger partial charge in [-0.15, -0.1) is 0 Å². The summed E-state index contributed by atoms with van der Waals surface area (Å²) in [6.07, 6.45) is 9.44. The number of aromatic nitrogens is 7. The van der Waals surface area contributed by atoms with Crippen LogP contribution in [0.5, 0.6) is 0 Å². The zero-order valence-electron chi connectivity index (χ0n) is 23.2. The minimum atomic E-state index is -0.787. The Hall–Kier alpha value is -4.27. The van der Waals surface area contributed by atoms with Crippen LogP contribution in [0.4, 0.5) is 20.9 Å². The number of nitrogens with zero attached hydrogens (tertiary/aromatic N) is 8. The number of amides is 1. The Balaban J connectivity index is 1.31. The van der Waals surface area contributed by atoms with E-state index in [1.54, 1.807) is 32.4 Å². The van der Waals surface area contributed by atoms with Crippen molar-refractivity contribution in [2.45, 2.75) is 46.4 Å². The van der Waals surface area contributed by atoms with Crippen LogP contribution in [0, 0.1) is 12.7 Å². The molecular weight excluding hydrogens is 547 g/mol. The number of hydrogen-bond donors (Lipinski definition) is 3. The predicted molar refractivity (Wildman–Crippen MR) is 154 cm³/mol. The van der Waals surface area contributed by atoms with Gasteiger partial charge in [0.05, 0.1) is 47.0 Å². The number of hydrogen-bond acceptors (Lipinski definition) is 10. The number of halogens is 1. The number of nitrogens with one attached hydrogen (secondary N) is 2. The molecular formula is C27H31FN10O2S. The van der Waals surface area contributed by atoms with Gasteiger partial charge in [0.25, 0.3) is 0 Å². The first-order valence-corrected chi connectivity index (χ1v) is 13.8. The Kier molecular flexibility index (Phi) is 8.06. The van der Waals surface area contributed by atoms with E-state index in [0.29, 0.717) is 24.6 Å². The molecule has 0 bridgehead atoms. The molecule has 12 nitrogen and oxygen atoms in total. The second kappa shape index (κ2) is 11.7. The fraction of sp³-hybridized carbons (Fsp3) is 0.333. The highest BCUT2D eigenvalue weighted by molar-refractivity contribution is 7.10. The summed E-state index contributed by atoms with van der Waals surface area (Å²) in [6, 6.07) is 3.38. The summed E-state index contributed by atoms with van der Waals surface area (Å²) >= 11 is 1.34. The molecule has 214 valence electrons. The lowest BCUT2D eigenvalue weighted by atomic mass is 10.1. The first-order chi connectivity index (χ1) is 19.6. The number of aryl methyl sites for hydroxylation is 1. The van der Waals surface area contributed by atoms with Crippen molar-refractivity contribution in [3.8, 4) is 11.3 Å². The molecule has 5 heterocycles. The Morgan fingerprint density at radius 3 is 2.83 bits per heavy atom. The molecule has 0 saturated heterocycles. The minimum Gasteiger partial charge on any atom is -0.389 e. The van der Waals surface area contributed by atoms with Gasteiger partial charge >= 0.3 is 0 Å². The third-order valence-corrected chi connectivity index (χ3v) is 6.88. The van der Waals surface area contributed by atoms with Gasteiger partial charge in [-0.25, -0.2) is 14.4 Å². The number of carbonyl (C=O) groups excluding carboxylic acids is 1. The molecule has 1 amide bonds. The van der Waals surface area contributed by atoms with Gasteiger partial charge in [0.15, 0.2) is 17.3 Å². The van der Waals surface area contributed by atoms with E-state index in [1.807, 2.05) is 23.6 Å². The number of imidazole rings is 1. The zero-order chi connectivity index (χ0) is 29.1. The molecule has 0 unspecified atom stereocenters. The maximum absolute atomic E-state index is 13.8. The predicted octanol–water partition coefficient (Wildman–Crippen LogP) is 3.87. The van der Waals surface area contributed by atoms with Crippen LogP contribution >= 0.6 is 11.5 Å². The lowest BCUT2D eigenvalue weighted by Crippen LogP contribution is -2.38. The molecule has 0 aromatic carbocycles. The summed E-state index contributed by atoms with van der Waals surface area (Å²) in [5, 5.41) is 21.2. The number of carbonyl (C=O) groups is 1. The van der Waals surface area contributed by atoms with Gasteiger partial charge in [-0.1, -0.05) is 6.92 Å². The summed E-state index contributed by atoms with van der Waals surface area (Å²) in [4.78, 5) is 27.5. The molecule has 3 N–H and O–H groups in total. The van der Waals surface area contributed by atoms with E-state index in [-0.39, 0.29) is 12.2 Å². The second-order valence-electron chi connectivity index (χ2n) is 10.3. The number of anilines is 3. The molecule has 0 aliphatic rings. The van der Waals surface area contributed by atoms with Crippen LogP contribution < -0.4 is 10.6 Å². The van der Waals surface area contributed by atoms with Crippen molar-refractivity contribution in [3.05, 3.63) is 66.5 Å². The van der Waals surface area contributed by atoms with Crippen LogP contribution in [0.2, 0.25) is 0 Å². The molecule has 0 saturated carbocycles. The van der Waals surface area contributed by atoms with E-state index in [0.717, 1.165) is 40.4 Å². The molecule has 5 aromatic heterocycles. The zero-order valence-corrected chi connectivity index (χ0v) is 24.0.